The Hall–Kier alpha value is -4.67. The van der Waals surface area contributed by atoms with Crippen LogP contribution >= 0.6 is 23.1 Å². The van der Waals surface area contributed by atoms with Crippen molar-refractivity contribution in [1.82, 2.24) is 10.3 Å². The predicted octanol–water partition coefficient (Wildman–Crippen LogP) is 6.73. The molecular weight excluding hydrogens is 556 g/mol. The molecule has 2 heterocycles. The number of hydrogen-bond donors (Lipinski definition) is 3. The molecule has 1 unspecified atom stereocenters. The van der Waals surface area contributed by atoms with Gasteiger partial charge in [-0.2, -0.15) is 0 Å². The van der Waals surface area contributed by atoms with Gasteiger partial charge in [0.2, 0.25) is 5.91 Å². The highest BCUT2D eigenvalue weighted by molar-refractivity contribution is 8.00. The molecule has 0 saturated carbocycles. The highest BCUT2D eigenvalue weighted by Gasteiger charge is 2.18. The summed E-state index contributed by atoms with van der Waals surface area (Å²) < 4.78 is 6.36. The van der Waals surface area contributed by atoms with E-state index in [-0.39, 0.29) is 16.9 Å². The van der Waals surface area contributed by atoms with Gasteiger partial charge >= 0.3 is 0 Å². The molecule has 0 aliphatic heterocycles. The van der Waals surface area contributed by atoms with Crippen LogP contribution in [0.5, 0.6) is 0 Å². The number of carbonyl (C=O) groups excluding carboxylic acids is 3. The van der Waals surface area contributed by atoms with Gasteiger partial charge in [-0.3, -0.25) is 14.4 Å². The summed E-state index contributed by atoms with van der Waals surface area (Å²) in [5.41, 5.74) is 2.98. The van der Waals surface area contributed by atoms with Crippen LogP contribution in [0.15, 0.2) is 106 Å². The highest BCUT2D eigenvalue weighted by Crippen LogP contribution is 2.29. The van der Waals surface area contributed by atoms with E-state index in [0.717, 1.165) is 20.7 Å². The third-order valence-corrected chi connectivity index (χ3v) is 7.97. The molecule has 2 aromatic heterocycles. The molecule has 0 fully saturated rings. The Labute approximate surface area is 244 Å². The second-order valence-corrected chi connectivity index (χ2v) is 11.6. The molecule has 0 spiro atoms. The van der Waals surface area contributed by atoms with Crippen molar-refractivity contribution in [2.24, 2.45) is 0 Å². The van der Waals surface area contributed by atoms with Crippen molar-refractivity contribution in [3.63, 3.8) is 0 Å². The first kappa shape index (κ1) is 27.9. The molecular formula is C31H26N4O4S2. The maximum absolute atomic E-state index is 13.1. The van der Waals surface area contributed by atoms with Crippen molar-refractivity contribution < 1.29 is 18.8 Å². The second kappa shape index (κ2) is 12.7. The zero-order chi connectivity index (χ0) is 28.8. The molecule has 3 amide bonds. The third kappa shape index (κ3) is 7.30. The Morgan fingerprint density at radius 1 is 0.951 bits per heavy atom. The standard InChI is InChI=1S/C31H26N4O4S2/c1-19-10-15-25-27(17-19)41-31(34-25)35-28(36)20(2)40-24-13-11-22(12-14-24)32-30(38)26(18-23-9-6-16-39-23)33-29(37)21-7-4-3-5-8-21/h3-18,20H,1-2H3,(H,32,38)(H,33,37)(H,34,35,36)/b26-18-. The summed E-state index contributed by atoms with van der Waals surface area (Å²) in [6.45, 7) is 3.85. The van der Waals surface area contributed by atoms with Crippen LogP contribution in [0.4, 0.5) is 10.8 Å². The molecule has 3 N–H and O–H groups in total. The van der Waals surface area contributed by atoms with Crippen LogP contribution in [-0.2, 0) is 9.59 Å². The molecule has 5 rings (SSSR count). The molecule has 5 aromatic rings. The fraction of sp³-hybridized carbons (Fsp3) is 0.0968. The van der Waals surface area contributed by atoms with Gasteiger partial charge in [0, 0.05) is 22.2 Å². The largest absolute Gasteiger partial charge is 0.465 e. The Balaban J connectivity index is 1.21. The van der Waals surface area contributed by atoms with E-state index in [4.69, 9.17) is 4.42 Å². The number of carbonyl (C=O) groups is 3. The molecule has 0 aliphatic carbocycles. The lowest BCUT2D eigenvalue weighted by Gasteiger charge is -2.12. The van der Waals surface area contributed by atoms with E-state index in [9.17, 15) is 14.4 Å². The molecule has 41 heavy (non-hydrogen) atoms. The number of thiazole rings is 1. The van der Waals surface area contributed by atoms with Gasteiger partial charge in [0.1, 0.15) is 11.5 Å². The lowest BCUT2D eigenvalue weighted by Crippen LogP contribution is -2.30. The van der Waals surface area contributed by atoms with Crippen LogP contribution in [0.2, 0.25) is 0 Å². The fourth-order valence-electron chi connectivity index (χ4n) is 3.82. The monoisotopic (exact) mass is 582 g/mol. The summed E-state index contributed by atoms with van der Waals surface area (Å²) in [7, 11) is 0. The Kier molecular flexibility index (Phi) is 8.61. The van der Waals surface area contributed by atoms with E-state index in [0.29, 0.717) is 22.1 Å². The molecule has 206 valence electrons. The Bertz CT molecular complexity index is 1710. The second-order valence-electron chi connectivity index (χ2n) is 9.11. The van der Waals surface area contributed by atoms with E-state index in [2.05, 4.69) is 20.9 Å². The third-order valence-electron chi connectivity index (χ3n) is 5.93. The van der Waals surface area contributed by atoms with Crippen molar-refractivity contribution >= 4 is 67.9 Å². The maximum atomic E-state index is 13.1. The number of hydrogen-bond acceptors (Lipinski definition) is 7. The Morgan fingerprint density at radius 3 is 2.46 bits per heavy atom. The van der Waals surface area contributed by atoms with Crippen molar-refractivity contribution in [2.45, 2.75) is 24.0 Å². The number of benzene rings is 3. The number of thioether (sulfide) groups is 1. The zero-order valence-corrected chi connectivity index (χ0v) is 23.8. The van der Waals surface area contributed by atoms with Gasteiger partial charge in [0.05, 0.1) is 21.7 Å². The van der Waals surface area contributed by atoms with Gasteiger partial charge in [-0.05, 0) is 80.1 Å². The summed E-state index contributed by atoms with van der Waals surface area (Å²) in [5, 5.41) is 8.58. The van der Waals surface area contributed by atoms with E-state index < -0.39 is 11.8 Å². The van der Waals surface area contributed by atoms with Crippen molar-refractivity contribution in [3.8, 4) is 0 Å². The maximum Gasteiger partial charge on any atom is 0.272 e. The summed E-state index contributed by atoms with van der Waals surface area (Å²) in [4.78, 5) is 44.0. The van der Waals surface area contributed by atoms with Crippen molar-refractivity contribution in [1.29, 1.82) is 0 Å². The topological polar surface area (TPSA) is 113 Å². The van der Waals surface area contributed by atoms with Crippen LogP contribution in [0.25, 0.3) is 16.3 Å². The van der Waals surface area contributed by atoms with Crippen molar-refractivity contribution in [2.75, 3.05) is 10.6 Å². The highest BCUT2D eigenvalue weighted by atomic mass is 32.2. The lowest BCUT2D eigenvalue weighted by atomic mass is 10.2. The summed E-state index contributed by atoms with van der Waals surface area (Å²) in [6, 6.07) is 25.1. The zero-order valence-electron chi connectivity index (χ0n) is 22.2. The molecule has 10 heteroatoms. The van der Waals surface area contributed by atoms with Gasteiger partial charge in [0.25, 0.3) is 11.8 Å². The van der Waals surface area contributed by atoms with Crippen molar-refractivity contribution in [3.05, 3.63) is 114 Å². The number of anilines is 2. The summed E-state index contributed by atoms with van der Waals surface area (Å²) >= 11 is 2.84. The number of rotatable bonds is 9. The molecule has 0 bridgehead atoms. The van der Waals surface area contributed by atoms with E-state index in [1.165, 1.54) is 35.4 Å². The van der Waals surface area contributed by atoms with Gasteiger partial charge < -0.3 is 20.4 Å². The van der Waals surface area contributed by atoms with Crippen LogP contribution in [0.1, 0.15) is 28.6 Å². The number of fused-ring (bicyclic) bond motifs is 1. The first-order valence-electron chi connectivity index (χ1n) is 12.7. The Morgan fingerprint density at radius 2 is 1.73 bits per heavy atom. The van der Waals surface area contributed by atoms with Crippen LogP contribution in [0, 0.1) is 6.92 Å². The molecule has 1 atom stereocenters. The minimum atomic E-state index is -0.509. The smallest absolute Gasteiger partial charge is 0.272 e. The van der Waals surface area contributed by atoms with Crippen LogP contribution in [0.3, 0.4) is 0 Å². The minimum absolute atomic E-state index is 0.0301. The SMILES string of the molecule is Cc1ccc2nc(NC(=O)C(C)Sc3ccc(NC(=O)/C(=C/c4ccco4)NC(=O)c4ccccc4)cc3)sc2c1. The molecule has 0 saturated heterocycles. The van der Waals surface area contributed by atoms with Gasteiger partial charge in [-0.25, -0.2) is 4.98 Å². The van der Waals surface area contributed by atoms with E-state index in [1.54, 1.807) is 48.5 Å². The average molecular weight is 583 g/mol. The van der Waals surface area contributed by atoms with Gasteiger partial charge in [-0.15, -0.1) is 11.8 Å². The average Bonchev–Trinajstić information content (AvgIpc) is 3.63. The lowest BCUT2D eigenvalue weighted by molar-refractivity contribution is -0.115. The number of nitrogens with zero attached hydrogens (tertiary/aromatic N) is 1. The van der Waals surface area contributed by atoms with Gasteiger partial charge in [-0.1, -0.05) is 35.6 Å². The number of furan rings is 1. The molecule has 8 nitrogen and oxygen atoms in total. The van der Waals surface area contributed by atoms with Crippen LogP contribution < -0.4 is 16.0 Å². The van der Waals surface area contributed by atoms with E-state index in [1.807, 2.05) is 50.2 Å². The number of aromatic nitrogens is 1. The minimum Gasteiger partial charge on any atom is -0.465 e. The summed E-state index contributed by atoms with van der Waals surface area (Å²) in [6.07, 6.45) is 2.95. The fourth-order valence-corrected chi connectivity index (χ4v) is 5.66. The summed E-state index contributed by atoms with van der Waals surface area (Å²) in [5.74, 6) is -0.656. The first-order chi connectivity index (χ1) is 19.8. The normalized spacial score (nSPS) is 12.1. The van der Waals surface area contributed by atoms with E-state index >= 15 is 0 Å². The molecule has 0 radical (unpaired) electrons. The molecule has 3 aromatic carbocycles. The van der Waals surface area contributed by atoms with Gasteiger partial charge in [0.15, 0.2) is 5.13 Å². The first-order valence-corrected chi connectivity index (χ1v) is 14.4. The number of amides is 3. The quantitative estimate of drug-likeness (QED) is 0.131. The predicted molar refractivity (Wildman–Crippen MR) is 164 cm³/mol. The number of aryl methyl sites for hydroxylation is 1. The van der Waals surface area contributed by atoms with Crippen LogP contribution in [-0.4, -0.2) is 28.0 Å². The molecule has 0 aliphatic rings. The number of nitrogens with one attached hydrogen (secondary N) is 3.